The van der Waals surface area contributed by atoms with E-state index in [1.54, 1.807) is 0 Å². The number of aliphatic hydroxyl groups is 1. The predicted molar refractivity (Wildman–Crippen MR) is 94.3 cm³/mol. The third-order valence-electron chi connectivity index (χ3n) is 4.62. The van der Waals surface area contributed by atoms with Crippen molar-refractivity contribution in [2.24, 2.45) is 0 Å². The van der Waals surface area contributed by atoms with Gasteiger partial charge in [-0.1, -0.05) is 48.5 Å². The number of carbonyl (C=O) groups is 1. The standard InChI is InChI=1S/C20H21F2NO3/c21-19(22)10-9-13(11-24)23-20(25)26-12-18-16-7-3-1-5-14(16)15-6-2-4-8-17(15)18/h1-8,13,18-19,24H,9-12H2,(H,23,25)/t13-/m0/s1. The molecule has 0 bridgehead atoms. The highest BCUT2D eigenvalue weighted by molar-refractivity contribution is 5.79. The van der Waals surface area contributed by atoms with Crippen molar-refractivity contribution < 1.29 is 23.4 Å². The number of aliphatic hydroxyl groups excluding tert-OH is 1. The van der Waals surface area contributed by atoms with Crippen LogP contribution in [-0.4, -0.2) is 36.9 Å². The van der Waals surface area contributed by atoms with Crippen molar-refractivity contribution >= 4 is 6.09 Å². The Hall–Kier alpha value is -2.47. The molecule has 0 fully saturated rings. The molecule has 1 amide bonds. The summed E-state index contributed by atoms with van der Waals surface area (Å²) in [5, 5.41) is 11.7. The molecule has 0 saturated heterocycles. The third-order valence-corrected chi connectivity index (χ3v) is 4.62. The number of alkyl carbamates (subject to hydrolysis) is 1. The lowest BCUT2D eigenvalue weighted by molar-refractivity contribution is 0.112. The summed E-state index contributed by atoms with van der Waals surface area (Å²) in [7, 11) is 0. The van der Waals surface area contributed by atoms with E-state index in [-0.39, 0.29) is 25.4 Å². The SMILES string of the molecule is O=C(N[C@H](CO)CCC(F)F)OCC1c2ccccc2-c2ccccc21. The van der Waals surface area contributed by atoms with E-state index >= 15 is 0 Å². The van der Waals surface area contributed by atoms with Gasteiger partial charge in [-0.2, -0.15) is 0 Å². The Balaban J connectivity index is 1.63. The van der Waals surface area contributed by atoms with Gasteiger partial charge in [0.1, 0.15) is 6.61 Å². The summed E-state index contributed by atoms with van der Waals surface area (Å²) in [5.41, 5.74) is 4.44. The zero-order valence-corrected chi connectivity index (χ0v) is 14.2. The lowest BCUT2D eigenvalue weighted by Crippen LogP contribution is -2.38. The Labute approximate surface area is 150 Å². The van der Waals surface area contributed by atoms with Crippen molar-refractivity contribution in [3.8, 4) is 11.1 Å². The molecular weight excluding hydrogens is 340 g/mol. The minimum absolute atomic E-state index is 0.00162. The Bertz CT molecular complexity index is 721. The number of hydrogen-bond donors (Lipinski definition) is 2. The van der Waals surface area contributed by atoms with Crippen LogP contribution < -0.4 is 5.32 Å². The molecule has 2 aromatic carbocycles. The van der Waals surface area contributed by atoms with Gasteiger partial charge in [0.25, 0.3) is 0 Å². The molecule has 1 aliphatic rings. The second-order valence-corrected chi connectivity index (χ2v) is 6.32. The van der Waals surface area contributed by atoms with Gasteiger partial charge >= 0.3 is 6.09 Å². The van der Waals surface area contributed by atoms with Gasteiger partial charge in [0.2, 0.25) is 6.43 Å². The molecule has 6 heteroatoms. The molecule has 26 heavy (non-hydrogen) atoms. The molecule has 0 radical (unpaired) electrons. The van der Waals surface area contributed by atoms with E-state index in [9.17, 15) is 18.7 Å². The van der Waals surface area contributed by atoms with Gasteiger partial charge in [0.15, 0.2) is 0 Å². The van der Waals surface area contributed by atoms with Gasteiger partial charge in [-0.3, -0.25) is 0 Å². The van der Waals surface area contributed by atoms with E-state index in [2.05, 4.69) is 5.32 Å². The fraction of sp³-hybridized carbons (Fsp3) is 0.350. The molecule has 0 spiro atoms. The number of amides is 1. The number of rotatable bonds is 7. The Morgan fingerprint density at radius 2 is 1.62 bits per heavy atom. The maximum absolute atomic E-state index is 12.3. The number of hydrogen-bond acceptors (Lipinski definition) is 3. The second kappa shape index (κ2) is 8.27. The lowest BCUT2D eigenvalue weighted by Gasteiger charge is -2.18. The van der Waals surface area contributed by atoms with E-state index < -0.39 is 25.2 Å². The molecule has 2 N–H and O–H groups in total. The minimum atomic E-state index is -2.46. The van der Waals surface area contributed by atoms with Crippen LogP contribution in [0.2, 0.25) is 0 Å². The van der Waals surface area contributed by atoms with Crippen LogP contribution in [-0.2, 0) is 4.74 Å². The number of nitrogens with one attached hydrogen (secondary N) is 1. The average molecular weight is 361 g/mol. The quantitative estimate of drug-likeness (QED) is 0.786. The maximum atomic E-state index is 12.3. The summed E-state index contributed by atoms with van der Waals surface area (Å²) in [6.07, 6.45) is -3.55. The van der Waals surface area contributed by atoms with Crippen molar-refractivity contribution in [2.75, 3.05) is 13.2 Å². The molecule has 2 aromatic rings. The third kappa shape index (κ3) is 4.02. The molecule has 3 rings (SSSR count). The number of halogens is 2. The lowest BCUT2D eigenvalue weighted by atomic mass is 9.98. The summed E-state index contributed by atoms with van der Waals surface area (Å²) in [6, 6.07) is 15.2. The summed E-state index contributed by atoms with van der Waals surface area (Å²) in [4.78, 5) is 12.0. The number of ether oxygens (including phenoxy) is 1. The molecule has 0 aromatic heterocycles. The van der Waals surface area contributed by atoms with Crippen molar-refractivity contribution in [1.29, 1.82) is 0 Å². The maximum Gasteiger partial charge on any atom is 0.407 e. The normalized spacial score (nSPS) is 14.0. The fourth-order valence-corrected chi connectivity index (χ4v) is 3.34. The summed E-state index contributed by atoms with van der Waals surface area (Å²) in [5.74, 6) is -0.0678. The first kappa shape index (κ1) is 18.3. The molecule has 0 unspecified atom stereocenters. The molecule has 0 heterocycles. The Morgan fingerprint density at radius 1 is 1.04 bits per heavy atom. The van der Waals surface area contributed by atoms with Gasteiger partial charge in [0.05, 0.1) is 12.6 Å². The van der Waals surface area contributed by atoms with Crippen LogP contribution >= 0.6 is 0 Å². The van der Waals surface area contributed by atoms with E-state index in [0.717, 1.165) is 22.3 Å². The van der Waals surface area contributed by atoms with E-state index in [0.29, 0.717) is 0 Å². The molecule has 4 nitrogen and oxygen atoms in total. The second-order valence-electron chi connectivity index (χ2n) is 6.32. The topological polar surface area (TPSA) is 58.6 Å². The van der Waals surface area contributed by atoms with Gasteiger partial charge in [-0.25, -0.2) is 13.6 Å². The Morgan fingerprint density at radius 3 is 2.15 bits per heavy atom. The van der Waals surface area contributed by atoms with Gasteiger partial charge in [0, 0.05) is 12.3 Å². The van der Waals surface area contributed by atoms with Gasteiger partial charge < -0.3 is 15.2 Å². The van der Waals surface area contributed by atoms with Crippen molar-refractivity contribution in [3.05, 3.63) is 59.7 Å². The smallest absolute Gasteiger partial charge is 0.407 e. The number of fused-ring (bicyclic) bond motifs is 3. The van der Waals surface area contributed by atoms with Crippen LogP contribution in [0, 0.1) is 0 Å². The highest BCUT2D eigenvalue weighted by Crippen LogP contribution is 2.44. The summed E-state index contributed by atoms with van der Waals surface area (Å²) in [6.45, 7) is -0.260. The average Bonchev–Trinajstić information content (AvgIpc) is 2.97. The largest absolute Gasteiger partial charge is 0.449 e. The number of benzene rings is 2. The summed E-state index contributed by atoms with van der Waals surface area (Å²) >= 11 is 0. The monoisotopic (exact) mass is 361 g/mol. The van der Waals surface area contributed by atoms with Gasteiger partial charge in [-0.05, 0) is 28.7 Å². The number of alkyl halides is 2. The molecular formula is C20H21F2NO3. The van der Waals surface area contributed by atoms with E-state index in [1.807, 2.05) is 48.5 Å². The molecule has 138 valence electrons. The number of carbonyl (C=O) groups excluding carboxylic acids is 1. The van der Waals surface area contributed by atoms with Crippen LogP contribution in [0.15, 0.2) is 48.5 Å². The molecule has 0 aliphatic heterocycles. The molecule has 1 atom stereocenters. The summed E-state index contributed by atoms with van der Waals surface area (Å²) < 4.78 is 29.9. The van der Waals surface area contributed by atoms with E-state index in [1.165, 1.54) is 0 Å². The van der Waals surface area contributed by atoms with Gasteiger partial charge in [-0.15, -0.1) is 0 Å². The Kier molecular flexibility index (Phi) is 5.83. The molecule has 0 saturated carbocycles. The highest BCUT2D eigenvalue weighted by atomic mass is 19.3. The first-order chi connectivity index (χ1) is 12.6. The van der Waals surface area contributed by atoms with E-state index in [4.69, 9.17) is 4.74 Å². The molecule has 1 aliphatic carbocycles. The highest BCUT2D eigenvalue weighted by Gasteiger charge is 2.29. The van der Waals surface area contributed by atoms with Crippen molar-refractivity contribution in [3.63, 3.8) is 0 Å². The zero-order valence-electron chi connectivity index (χ0n) is 14.2. The fourth-order valence-electron chi connectivity index (χ4n) is 3.34. The van der Waals surface area contributed by atoms with Crippen LogP contribution in [0.4, 0.5) is 13.6 Å². The zero-order chi connectivity index (χ0) is 18.5. The predicted octanol–water partition coefficient (Wildman–Crippen LogP) is 3.93. The van der Waals surface area contributed by atoms with Crippen LogP contribution in [0.1, 0.15) is 29.9 Å². The van der Waals surface area contributed by atoms with Crippen molar-refractivity contribution in [1.82, 2.24) is 5.32 Å². The van der Waals surface area contributed by atoms with Crippen molar-refractivity contribution in [2.45, 2.75) is 31.2 Å². The van der Waals surface area contributed by atoms with Crippen LogP contribution in [0.25, 0.3) is 11.1 Å². The minimum Gasteiger partial charge on any atom is -0.449 e. The van der Waals surface area contributed by atoms with Crippen LogP contribution in [0.5, 0.6) is 0 Å². The first-order valence-electron chi connectivity index (χ1n) is 8.60. The first-order valence-corrected chi connectivity index (χ1v) is 8.60. The van der Waals surface area contributed by atoms with Crippen LogP contribution in [0.3, 0.4) is 0 Å².